The highest BCUT2D eigenvalue weighted by Crippen LogP contribution is 2.08. The van der Waals surface area contributed by atoms with Crippen molar-refractivity contribution in [1.29, 1.82) is 0 Å². The van der Waals surface area contributed by atoms with Crippen molar-refractivity contribution in [1.82, 2.24) is 14.9 Å². The van der Waals surface area contributed by atoms with E-state index in [9.17, 15) is 8.42 Å². The van der Waals surface area contributed by atoms with Crippen LogP contribution in [0.3, 0.4) is 0 Å². The number of hydrogen-bond donors (Lipinski definition) is 2. The standard InChI is InChI=1S/C14H31N3O2S/c1-13(2)17(3)11-7-6-10-16-20(18,19)12-14-8-4-5-9-15-14/h13-16H,4-12H2,1-3H3. The van der Waals surface area contributed by atoms with E-state index in [2.05, 4.69) is 35.8 Å². The normalized spacial score (nSPS) is 20.8. The summed E-state index contributed by atoms with van der Waals surface area (Å²) in [4.78, 5) is 2.28. The van der Waals surface area contributed by atoms with Gasteiger partial charge >= 0.3 is 0 Å². The van der Waals surface area contributed by atoms with Gasteiger partial charge in [0.1, 0.15) is 0 Å². The number of hydrogen-bond acceptors (Lipinski definition) is 4. The van der Waals surface area contributed by atoms with Crippen molar-refractivity contribution < 1.29 is 8.42 Å². The fourth-order valence-electron chi connectivity index (χ4n) is 2.36. The van der Waals surface area contributed by atoms with E-state index in [0.717, 1.165) is 45.2 Å². The maximum atomic E-state index is 11.9. The van der Waals surface area contributed by atoms with E-state index < -0.39 is 10.0 Å². The van der Waals surface area contributed by atoms with Crippen molar-refractivity contribution in [3.8, 4) is 0 Å². The Hall–Kier alpha value is -0.170. The molecule has 0 aromatic heterocycles. The Bertz CT molecular complexity index is 351. The molecule has 0 saturated carbocycles. The number of nitrogens with zero attached hydrogens (tertiary/aromatic N) is 1. The number of piperidine rings is 1. The van der Waals surface area contributed by atoms with E-state index in [0.29, 0.717) is 12.6 Å². The molecule has 1 aliphatic rings. The molecule has 2 N–H and O–H groups in total. The van der Waals surface area contributed by atoms with Crippen LogP contribution in [0.25, 0.3) is 0 Å². The lowest BCUT2D eigenvalue weighted by atomic mass is 10.1. The summed E-state index contributed by atoms with van der Waals surface area (Å²) in [5.74, 6) is 0.221. The molecule has 1 aliphatic heterocycles. The fraction of sp³-hybridized carbons (Fsp3) is 1.00. The largest absolute Gasteiger partial charge is 0.313 e. The topological polar surface area (TPSA) is 61.4 Å². The second kappa shape index (κ2) is 8.97. The summed E-state index contributed by atoms with van der Waals surface area (Å²) in [6.07, 6.45) is 5.19. The zero-order chi connectivity index (χ0) is 15.0. The molecule has 0 aromatic rings. The second-order valence-electron chi connectivity index (χ2n) is 6.10. The molecule has 1 saturated heterocycles. The Labute approximate surface area is 124 Å². The van der Waals surface area contributed by atoms with Gasteiger partial charge in [0.2, 0.25) is 10.0 Å². The van der Waals surface area contributed by atoms with Crippen LogP contribution in [0.5, 0.6) is 0 Å². The molecule has 0 aliphatic carbocycles. The summed E-state index contributed by atoms with van der Waals surface area (Å²) < 4.78 is 26.6. The molecule has 20 heavy (non-hydrogen) atoms. The molecule has 5 nitrogen and oxygen atoms in total. The lowest BCUT2D eigenvalue weighted by Gasteiger charge is -2.23. The Morgan fingerprint density at radius 2 is 2.05 bits per heavy atom. The molecule has 0 aromatic carbocycles. The summed E-state index contributed by atoms with van der Waals surface area (Å²) in [5.41, 5.74) is 0. The zero-order valence-corrected chi connectivity index (χ0v) is 14.0. The Morgan fingerprint density at radius 1 is 1.30 bits per heavy atom. The highest BCUT2D eigenvalue weighted by molar-refractivity contribution is 7.89. The average molecular weight is 305 g/mol. The lowest BCUT2D eigenvalue weighted by Crippen LogP contribution is -2.42. The Kier molecular flexibility index (Phi) is 8.02. The first-order valence-electron chi connectivity index (χ1n) is 7.81. The molecular formula is C14H31N3O2S. The third-order valence-electron chi connectivity index (χ3n) is 3.97. The first-order chi connectivity index (χ1) is 9.41. The maximum Gasteiger partial charge on any atom is 0.213 e. The second-order valence-corrected chi connectivity index (χ2v) is 7.96. The van der Waals surface area contributed by atoms with E-state index in [1.807, 2.05) is 0 Å². The molecular weight excluding hydrogens is 274 g/mol. The number of nitrogens with one attached hydrogen (secondary N) is 2. The summed E-state index contributed by atoms with van der Waals surface area (Å²) in [7, 11) is -1.02. The smallest absolute Gasteiger partial charge is 0.213 e. The average Bonchev–Trinajstić information content (AvgIpc) is 2.38. The van der Waals surface area contributed by atoms with E-state index in [-0.39, 0.29) is 11.8 Å². The van der Waals surface area contributed by atoms with E-state index in [1.165, 1.54) is 0 Å². The predicted octanol–water partition coefficient (Wildman–Crippen LogP) is 1.17. The molecule has 0 spiro atoms. The van der Waals surface area contributed by atoms with Gasteiger partial charge in [-0.2, -0.15) is 0 Å². The van der Waals surface area contributed by atoms with Gasteiger partial charge in [-0.15, -0.1) is 0 Å². The molecule has 0 bridgehead atoms. The monoisotopic (exact) mass is 305 g/mol. The van der Waals surface area contributed by atoms with Crippen molar-refractivity contribution in [3.05, 3.63) is 0 Å². The fourth-order valence-corrected chi connectivity index (χ4v) is 3.75. The van der Waals surface area contributed by atoms with Crippen molar-refractivity contribution >= 4 is 10.0 Å². The molecule has 1 heterocycles. The summed E-state index contributed by atoms with van der Waals surface area (Å²) in [5, 5.41) is 3.28. The van der Waals surface area contributed by atoms with Crippen LogP contribution in [-0.2, 0) is 10.0 Å². The van der Waals surface area contributed by atoms with Gasteiger partial charge in [-0.3, -0.25) is 0 Å². The van der Waals surface area contributed by atoms with Gasteiger partial charge < -0.3 is 10.2 Å². The number of sulfonamides is 1. The minimum Gasteiger partial charge on any atom is -0.313 e. The SMILES string of the molecule is CC(C)N(C)CCCCNS(=O)(=O)CC1CCCCN1. The zero-order valence-electron chi connectivity index (χ0n) is 13.2. The van der Waals surface area contributed by atoms with Crippen LogP contribution in [0, 0.1) is 0 Å². The Morgan fingerprint density at radius 3 is 2.65 bits per heavy atom. The number of rotatable bonds is 9. The summed E-state index contributed by atoms with van der Waals surface area (Å²) >= 11 is 0. The molecule has 6 heteroatoms. The van der Waals surface area contributed by atoms with Crippen LogP contribution in [0.15, 0.2) is 0 Å². The van der Waals surface area contributed by atoms with Crippen molar-refractivity contribution in [2.75, 3.05) is 32.4 Å². The van der Waals surface area contributed by atoms with E-state index in [1.54, 1.807) is 0 Å². The van der Waals surface area contributed by atoms with Gasteiger partial charge in [0.15, 0.2) is 0 Å². The molecule has 0 amide bonds. The van der Waals surface area contributed by atoms with Gasteiger partial charge in [0.05, 0.1) is 5.75 Å². The van der Waals surface area contributed by atoms with Crippen LogP contribution in [-0.4, -0.2) is 57.8 Å². The third-order valence-corrected chi connectivity index (χ3v) is 5.46. The molecule has 1 fully saturated rings. The van der Waals surface area contributed by atoms with Crippen molar-refractivity contribution in [3.63, 3.8) is 0 Å². The summed E-state index contributed by atoms with van der Waals surface area (Å²) in [6.45, 7) is 6.85. The van der Waals surface area contributed by atoms with Gasteiger partial charge in [0, 0.05) is 18.6 Å². The minimum atomic E-state index is -3.12. The molecule has 120 valence electrons. The lowest BCUT2D eigenvalue weighted by molar-refractivity contribution is 0.268. The van der Waals surface area contributed by atoms with Crippen LogP contribution < -0.4 is 10.0 Å². The van der Waals surface area contributed by atoms with Crippen molar-refractivity contribution in [2.24, 2.45) is 0 Å². The van der Waals surface area contributed by atoms with Gasteiger partial charge in [-0.05, 0) is 59.7 Å². The van der Waals surface area contributed by atoms with E-state index >= 15 is 0 Å². The highest BCUT2D eigenvalue weighted by atomic mass is 32.2. The van der Waals surface area contributed by atoms with Gasteiger partial charge in [-0.25, -0.2) is 13.1 Å². The van der Waals surface area contributed by atoms with Crippen molar-refractivity contribution in [2.45, 2.75) is 58.0 Å². The maximum absolute atomic E-state index is 11.9. The van der Waals surface area contributed by atoms with Crippen LogP contribution in [0.2, 0.25) is 0 Å². The highest BCUT2D eigenvalue weighted by Gasteiger charge is 2.20. The van der Waals surface area contributed by atoms with E-state index in [4.69, 9.17) is 0 Å². The van der Waals surface area contributed by atoms with Gasteiger partial charge in [0.25, 0.3) is 0 Å². The van der Waals surface area contributed by atoms with Crippen LogP contribution in [0.4, 0.5) is 0 Å². The molecule has 0 radical (unpaired) electrons. The number of unbranched alkanes of at least 4 members (excludes halogenated alkanes) is 1. The Balaban J connectivity index is 2.13. The predicted molar refractivity (Wildman–Crippen MR) is 84.4 cm³/mol. The quantitative estimate of drug-likeness (QED) is 0.628. The molecule has 1 unspecified atom stereocenters. The first kappa shape index (κ1) is 17.9. The van der Waals surface area contributed by atoms with Crippen LogP contribution in [0.1, 0.15) is 46.0 Å². The van der Waals surface area contributed by atoms with Gasteiger partial charge in [-0.1, -0.05) is 6.42 Å². The molecule has 1 atom stereocenters. The minimum absolute atomic E-state index is 0.133. The first-order valence-corrected chi connectivity index (χ1v) is 9.47. The third kappa shape index (κ3) is 7.57. The summed E-state index contributed by atoms with van der Waals surface area (Å²) in [6, 6.07) is 0.678. The van der Waals surface area contributed by atoms with Crippen LogP contribution >= 0.6 is 0 Å². The molecule has 1 rings (SSSR count).